The van der Waals surface area contributed by atoms with Crippen LogP contribution >= 0.6 is 0 Å². The summed E-state index contributed by atoms with van der Waals surface area (Å²) < 4.78 is 23.5. The average molecular weight is 254 g/mol. The van der Waals surface area contributed by atoms with Gasteiger partial charge in [-0.2, -0.15) is 0 Å². The first-order chi connectivity index (χ1) is 8.04. The fourth-order valence-electron chi connectivity index (χ4n) is 2.03. The van der Waals surface area contributed by atoms with E-state index in [2.05, 4.69) is 4.90 Å². The second-order valence-corrected chi connectivity index (χ2v) is 6.44. The zero-order valence-electron chi connectivity index (χ0n) is 9.96. The minimum Gasteiger partial charge on any atom is -0.366 e. The molecule has 1 aromatic carbocycles. The Morgan fingerprint density at radius 1 is 1.35 bits per heavy atom. The molecule has 0 aliphatic heterocycles. The smallest absolute Gasteiger partial charge is 0.177 e. The molecule has 2 rings (SSSR count). The molecule has 1 aliphatic rings. The molecule has 0 heterocycles. The highest BCUT2D eigenvalue weighted by atomic mass is 32.2. The Morgan fingerprint density at radius 3 is 2.53 bits per heavy atom. The molecule has 0 atom stereocenters. The van der Waals surface area contributed by atoms with Crippen molar-refractivity contribution < 1.29 is 8.42 Å². The Labute approximate surface area is 102 Å². The third kappa shape index (κ3) is 2.79. The fraction of sp³-hybridized carbons (Fsp3) is 0.500. The van der Waals surface area contributed by atoms with Crippen molar-refractivity contribution in [2.24, 2.45) is 5.73 Å². The summed E-state index contributed by atoms with van der Waals surface area (Å²) in [4.78, 5) is 2.52. The monoisotopic (exact) mass is 254 g/mol. The Kier molecular flexibility index (Phi) is 3.40. The fourth-order valence-corrected chi connectivity index (χ4v) is 2.92. The molecule has 0 aromatic heterocycles. The van der Waals surface area contributed by atoms with Gasteiger partial charge in [-0.15, -0.1) is 0 Å². The summed E-state index contributed by atoms with van der Waals surface area (Å²) in [5.74, 6) is 0. The van der Waals surface area contributed by atoms with Crippen LogP contribution in [0.1, 0.15) is 12.8 Å². The van der Waals surface area contributed by atoms with E-state index in [-0.39, 0.29) is 0 Å². The number of sulfone groups is 1. The highest BCUT2D eigenvalue weighted by Gasteiger charge is 2.31. The van der Waals surface area contributed by atoms with Crippen LogP contribution < -0.4 is 10.6 Å². The van der Waals surface area contributed by atoms with Crippen molar-refractivity contribution in [3.8, 4) is 0 Å². The normalized spacial score (nSPS) is 15.9. The van der Waals surface area contributed by atoms with Crippen LogP contribution in [0.25, 0.3) is 0 Å². The minimum absolute atomic E-state index is 0.403. The van der Waals surface area contributed by atoms with Gasteiger partial charge in [0.15, 0.2) is 9.84 Å². The molecule has 0 radical (unpaired) electrons. The predicted octanol–water partition coefficient (Wildman–Crippen LogP) is 1.02. The zero-order valence-corrected chi connectivity index (χ0v) is 10.8. The second kappa shape index (κ2) is 4.66. The van der Waals surface area contributed by atoms with Gasteiger partial charge in [-0.05, 0) is 25.0 Å². The van der Waals surface area contributed by atoms with Gasteiger partial charge in [0.2, 0.25) is 0 Å². The van der Waals surface area contributed by atoms with Crippen LogP contribution in [-0.4, -0.2) is 33.8 Å². The summed E-state index contributed by atoms with van der Waals surface area (Å²) in [6.45, 7) is 1.24. The third-order valence-corrected chi connectivity index (χ3v) is 4.08. The van der Waals surface area contributed by atoms with Crippen molar-refractivity contribution >= 4 is 15.5 Å². The molecule has 1 fully saturated rings. The van der Waals surface area contributed by atoms with Crippen LogP contribution in [-0.2, 0) is 9.84 Å². The molecule has 1 aromatic rings. The van der Waals surface area contributed by atoms with Gasteiger partial charge in [0.1, 0.15) is 0 Å². The van der Waals surface area contributed by atoms with Crippen molar-refractivity contribution in [1.82, 2.24) is 0 Å². The number of hydrogen-bond donors (Lipinski definition) is 1. The van der Waals surface area contributed by atoms with Crippen LogP contribution in [0.5, 0.6) is 0 Å². The average Bonchev–Trinajstić information content (AvgIpc) is 3.08. The van der Waals surface area contributed by atoms with Gasteiger partial charge in [-0.3, -0.25) is 0 Å². The maximum atomic E-state index is 11.7. The third-order valence-electron chi connectivity index (χ3n) is 2.93. The predicted molar refractivity (Wildman–Crippen MR) is 69.0 cm³/mol. The number of nitrogens with zero attached hydrogens (tertiary/aromatic N) is 1. The Bertz CT molecular complexity index is 495. The number of para-hydroxylation sites is 1. The molecule has 1 aliphatic carbocycles. The number of hydrogen-bond acceptors (Lipinski definition) is 4. The molecule has 1 saturated carbocycles. The molecule has 0 amide bonds. The van der Waals surface area contributed by atoms with E-state index >= 15 is 0 Å². The van der Waals surface area contributed by atoms with E-state index in [1.54, 1.807) is 12.1 Å². The standard InChI is InChI=1S/C12H18N2O2S/c1-17(15,16)12-5-3-2-4-11(12)14(9-8-13)10-6-7-10/h2-5,10H,6-9,13H2,1H3. The van der Waals surface area contributed by atoms with E-state index < -0.39 is 9.84 Å². The molecular formula is C12H18N2O2S. The molecule has 0 unspecified atom stereocenters. The molecule has 0 spiro atoms. The first kappa shape index (κ1) is 12.4. The number of rotatable bonds is 5. The van der Waals surface area contributed by atoms with E-state index in [4.69, 9.17) is 5.73 Å². The topological polar surface area (TPSA) is 63.4 Å². The van der Waals surface area contributed by atoms with Gasteiger partial charge in [0, 0.05) is 25.4 Å². The highest BCUT2D eigenvalue weighted by Crippen LogP contribution is 2.34. The van der Waals surface area contributed by atoms with Crippen LogP contribution in [0.2, 0.25) is 0 Å². The maximum absolute atomic E-state index is 11.7. The quantitative estimate of drug-likeness (QED) is 0.852. The summed E-state index contributed by atoms with van der Waals surface area (Å²) in [5, 5.41) is 0. The largest absolute Gasteiger partial charge is 0.366 e. The first-order valence-electron chi connectivity index (χ1n) is 5.80. The summed E-state index contributed by atoms with van der Waals surface area (Å²) in [5.41, 5.74) is 6.39. The number of anilines is 1. The van der Waals surface area contributed by atoms with Gasteiger partial charge in [-0.1, -0.05) is 12.1 Å². The van der Waals surface area contributed by atoms with Crippen molar-refractivity contribution in [3.05, 3.63) is 24.3 Å². The molecule has 0 bridgehead atoms. The van der Waals surface area contributed by atoms with Gasteiger partial charge in [0.25, 0.3) is 0 Å². The summed E-state index contributed by atoms with van der Waals surface area (Å²) >= 11 is 0. The van der Waals surface area contributed by atoms with Gasteiger partial charge in [-0.25, -0.2) is 8.42 Å². The lowest BCUT2D eigenvalue weighted by Crippen LogP contribution is -2.32. The molecule has 4 nitrogen and oxygen atoms in total. The SMILES string of the molecule is CS(=O)(=O)c1ccccc1N(CCN)C1CC1. The second-order valence-electron chi connectivity index (χ2n) is 4.45. The number of benzene rings is 1. The lowest BCUT2D eigenvalue weighted by Gasteiger charge is -2.25. The first-order valence-corrected chi connectivity index (χ1v) is 7.69. The lowest BCUT2D eigenvalue weighted by atomic mass is 10.2. The summed E-state index contributed by atoms with van der Waals surface area (Å²) in [7, 11) is -3.19. The Balaban J connectivity index is 2.42. The molecule has 94 valence electrons. The van der Waals surface area contributed by atoms with E-state index in [0.717, 1.165) is 18.5 Å². The van der Waals surface area contributed by atoms with Crippen LogP contribution in [0, 0.1) is 0 Å². The van der Waals surface area contributed by atoms with Crippen LogP contribution in [0.3, 0.4) is 0 Å². The van der Waals surface area contributed by atoms with E-state index in [1.165, 1.54) is 6.26 Å². The van der Waals surface area contributed by atoms with Crippen molar-refractivity contribution in [3.63, 3.8) is 0 Å². The van der Waals surface area contributed by atoms with E-state index in [9.17, 15) is 8.42 Å². The summed E-state index contributed by atoms with van der Waals surface area (Å²) in [6.07, 6.45) is 3.50. The minimum atomic E-state index is -3.19. The molecule has 17 heavy (non-hydrogen) atoms. The molecular weight excluding hydrogens is 236 g/mol. The van der Waals surface area contributed by atoms with E-state index in [1.807, 2.05) is 12.1 Å². The van der Waals surface area contributed by atoms with Gasteiger partial charge in [0.05, 0.1) is 10.6 Å². The van der Waals surface area contributed by atoms with Crippen molar-refractivity contribution in [2.75, 3.05) is 24.2 Å². The zero-order chi connectivity index (χ0) is 12.5. The van der Waals surface area contributed by atoms with Crippen LogP contribution in [0.4, 0.5) is 5.69 Å². The Morgan fingerprint density at radius 2 is 2.00 bits per heavy atom. The van der Waals surface area contributed by atoms with Gasteiger partial charge < -0.3 is 10.6 Å². The van der Waals surface area contributed by atoms with Gasteiger partial charge >= 0.3 is 0 Å². The maximum Gasteiger partial charge on any atom is 0.177 e. The van der Waals surface area contributed by atoms with Crippen molar-refractivity contribution in [1.29, 1.82) is 0 Å². The van der Waals surface area contributed by atoms with Crippen molar-refractivity contribution in [2.45, 2.75) is 23.8 Å². The highest BCUT2D eigenvalue weighted by molar-refractivity contribution is 7.90. The van der Waals surface area contributed by atoms with E-state index in [0.29, 0.717) is 24.0 Å². The summed E-state index contributed by atoms with van der Waals surface area (Å²) in [6, 6.07) is 7.62. The molecule has 2 N–H and O–H groups in total. The van der Waals surface area contributed by atoms with Crippen LogP contribution in [0.15, 0.2) is 29.2 Å². The molecule has 5 heteroatoms. The molecule has 0 saturated heterocycles. The lowest BCUT2D eigenvalue weighted by molar-refractivity contribution is 0.601. The number of nitrogens with two attached hydrogens (primary N) is 1. The Hall–Kier alpha value is -1.07.